The summed E-state index contributed by atoms with van der Waals surface area (Å²) < 4.78 is 42.2. The molecular weight excluding hydrogens is 207 g/mol. The van der Waals surface area contributed by atoms with Gasteiger partial charge in [0.1, 0.15) is 5.75 Å². The summed E-state index contributed by atoms with van der Waals surface area (Å²) in [6, 6.07) is 2.04. The van der Waals surface area contributed by atoms with Crippen LogP contribution in [-0.4, -0.2) is 7.11 Å². The highest BCUT2D eigenvalue weighted by Crippen LogP contribution is 2.34. The molecule has 2 nitrogen and oxygen atoms in total. The molecule has 0 radical (unpaired) electrons. The van der Waals surface area contributed by atoms with Crippen LogP contribution >= 0.6 is 0 Å². The molecule has 0 heterocycles. The molecule has 0 aliphatic rings. The van der Waals surface area contributed by atoms with Gasteiger partial charge in [-0.3, -0.25) is 0 Å². The Morgan fingerprint density at radius 1 is 1.33 bits per heavy atom. The number of hydrogen-bond acceptors (Lipinski definition) is 2. The maximum atomic E-state index is 12.4. The number of benzene rings is 1. The van der Waals surface area contributed by atoms with Crippen molar-refractivity contribution < 1.29 is 17.9 Å². The summed E-state index contributed by atoms with van der Waals surface area (Å²) >= 11 is 0. The number of hydrogen-bond donors (Lipinski definition) is 1. The summed E-state index contributed by atoms with van der Waals surface area (Å²) in [6.45, 7) is 1.74. The Bertz CT molecular complexity index is 360. The molecule has 0 saturated carbocycles. The molecule has 1 aromatic rings. The normalized spacial score (nSPS) is 11.6. The molecule has 0 aromatic heterocycles. The molecule has 2 N–H and O–H groups in total. The van der Waals surface area contributed by atoms with Crippen LogP contribution in [0, 0.1) is 6.92 Å². The summed E-state index contributed by atoms with van der Waals surface area (Å²) in [4.78, 5) is 0. The van der Waals surface area contributed by atoms with Crippen molar-refractivity contribution in [2.24, 2.45) is 5.73 Å². The standard InChI is InChI=1S/C10H12F3NO/c1-6-3-7(10(11,12)13)4-9(15-2)8(6)5-14/h3-4H,5,14H2,1-2H3. The van der Waals surface area contributed by atoms with E-state index in [4.69, 9.17) is 10.5 Å². The third kappa shape index (κ3) is 2.41. The van der Waals surface area contributed by atoms with Crippen LogP contribution in [0.1, 0.15) is 16.7 Å². The monoisotopic (exact) mass is 219 g/mol. The first-order chi connectivity index (χ1) is 6.90. The summed E-state index contributed by atoms with van der Waals surface area (Å²) in [7, 11) is 1.33. The Hall–Kier alpha value is -1.23. The van der Waals surface area contributed by atoms with Gasteiger partial charge >= 0.3 is 6.18 Å². The van der Waals surface area contributed by atoms with E-state index in [2.05, 4.69) is 0 Å². The lowest BCUT2D eigenvalue weighted by Crippen LogP contribution is -2.09. The second-order valence-corrected chi connectivity index (χ2v) is 3.18. The zero-order valence-corrected chi connectivity index (χ0v) is 8.48. The van der Waals surface area contributed by atoms with Gasteiger partial charge in [0.25, 0.3) is 0 Å². The number of rotatable bonds is 2. The molecule has 0 fully saturated rings. The van der Waals surface area contributed by atoms with E-state index in [1.807, 2.05) is 0 Å². The SMILES string of the molecule is COc1cc(C(F)(F)F)cc(C)c1CN. The molecule has 0 unspecified atom stereocenters. The summed E-state index contributed by atoms with van der Waals surface area (Å²) in [5.74, 6) is 0.185. The lowest BCUT2D eigenvalue weighted by molar-refractivity contribution is -0.137. The Balaban J connectivity index is 3.32. The molecule has 5 heteroatoms. The van der Waals surface area contributed by atoms with Crippen molar-refractivity contribution in [1.29, 1.82) is 0 Å². The smallest absolute Gasteiger partial charge is 0.416 e. The van der Waals surface area contributed by atoms with Gasteiger partial charge in [0, 0.05) is 12.1 Å². The Morgan fingerprint density at radius 3 is 2.33 bits per heavy atom. The van der Waals surface area contributed by atoms with E-state index < -0.39 is 11.7 Å². The van der Waals surface area contributed by atoms with E-state index in [1.54, 1.807) is 6.92 Å². The minimum atomic E-state index is -4.36. The maximum Gasteiger partial charge on any atom is 0.416 e. The van der Waals surface area contributed by atoms with Crippen LogP contribution in [0.2, 0.25) is 0 Å². The van der Waals surface area contributed by atoms with Crippen molar-refractivity contribution >= 4 is 0 Å². The fraction of sp³-hybridized carbons (Fsp3) is 0.400. The van der Waals surface area contributed by atoms with Crippen LogP contribution < -0.4 is 10.5 Å². The maximum absolute atomic E-state index is 12.4. The zero-order chi connectivity index (χ0) is 11.6. The quantitative estimate of drug-likeness (QED) is 0.829. The van der Waals surface area contributed by atoms with Gasteiger partial charge < -0.3 is 10.5 Å². The molecule has 84 valence electrons. The average Bonchev–Trinajstić information content (AvgIpc) is 2.15. The molecular formula is C10H12F3NO. The second-order valence-electron chi connectivity index (χ2n) is 3.18. The van der Waals surface area contributed by atoms with E-state index >= 15 is 0 Å². The molecule has 0 atom stereocenters. The molecule has 1 aromatic carbocycles. The molecule has 0 spiro atoms. The number of methoxy groups -OCH3 is 1. The first-order valence-corrected chi connectivity index (χ1v) is 4.35. The van der Waals surface area contributed by atoms with Gasteiger partial charge in [0.15, 0.2) is 0 Å². The number of ether oxygens (including phenoxy) is 1. The van der Waals surface area contributed by atoms with Crippen LogP contribution in [0.5, 0.6) is 5.75 Å². The Morgan fingerprint density at radius 2 is 1.93 bits per heavy atom. The van der Waals surface area contributed by atoms with Crippen LogP contribution in [-0.2, 0) is 12.7 Å². The van der Waals surface area contributed by atoms with Crippen LogP contribution in [0.3, 0.4) is 0 Å². The van der Waals surface area contributed by atoms with Gasteiger partial charge in [-0.2, -0.15) is 13.2 Å². The van der Waals surface area contributed by atoms with Crippen molar-refractivity contribution in [3.8, 4) is 5.75 Å². The van der Waals surface area contributed by atoms with Crippen LogP contribution in [0.4, 0.5) is 13.2 Å². The largest absolute Gasteiger partial charge is 0.496 e. The predicted octanol–water partition coefficient (Wildman–Crippen LogP) is 2.48. The molecule has 1 rings (SSSR count). The van der Waals surface area contributed by atoms with Crippen molar-refractivity contribution in [2.45, 2.75) is 19.6 Å². The Labute approximate surface area is 85.8 Å². The highest BCUT2D eigenvalue weighted by Gasteiger charge is 2.31. The number of nitrogens with two attached hydrogens (primary N) is 1. The minimum Gasteiger partial charge on any atom is -0.496 e. The van der Waals surface area contributed by atoms with Crippen molar-refractivity contribution in [3.63, 3.8) is 0 Å². The number of halogens is 3. The van der Waals surface area contributed by atoms with Gasteiger partial charge in [-0.25, -0.2) is 0 Å². The van der Waals surface area contributed by atoms with E-state index in [1.165, 1.54) is 7.11 Å². The predicted molar refractivity (Wildman–Crippen MR) is 50.6 cm³/mol. The molecule has 0 saturated heterocycles. The molecule has 0 aliphatic heterocycles. The minimum absolute atomic E-state index is 0.160. The first kappa shape index (κ1) is 11.8. The molecule has 0 aliphatic carbocycles. The summed E-state index contributed by atoms with van der Waals surface area (Å²) in [5, 5.41) is 0. The highest BCUT2D eigenvalue weighted by atomic mass is 19.4. The van der Waals surface area contributed by atoms with Gasteiger partial charge in [0.2, 0.25) is 0 Å². The summed E-state index contributed by atoms with van der Waals surface area (Å²) in [5.41, 5.74) is 5.80. The fourth-order valence-electron chi connectivity index (χ4n) is 1.39. The van der Waals surface area contributed by atoms with Crippen molar-refractivity contribution in [3.05, 3.63) is 28.8 Å². The molecule has 0 bridgehead atoms. The third-order valence-electron chi connectivity index (χ3n) is 2.18. The average molecular weight is 219 g/mol. The lowest BCUT2D eigenvalue weighted by atomic mass is 10.0. The van der Waals surface area contributed by atoms with E-state index in [0.717, 1.165) is 12.1 Å². The van der Waals surface area contributed by atoms with E-state index in [0.29, 0.717) is 11.1 Å². The van der Waals surface area contributed by atoms with Crippen LogP contribution in [0.25, 0.3) is 0 Å². The van der Waals surface area contributed by atoms with Gasteiger partial charge in [-0.15, -0.1) is 0 Å². The molecule has 0 amide bonds. The fourth-order valence-corrected chi connectivity index (χ4v) is 1.39. The topological polar surface area (TPSA) is 35.2 Å². The number of aryl methyl sites for hydroxylation is 1. The van der Waals surface area contributed by atoms with Gasteiger partial charge in [-0.1, -0.05) is 0 Å². The Kier molecular flexibility index (Phi) is 3.24. The van der Waals surface area contributed by atoms with E-state index in [-0.39, 0.29) is 12.3 Å². The summed E-state index contributed by atoms with van der Waals surface area (Å²) in [6.07, 6.45) is -4.36. The number of alkyl halides is 3. The third-order valence-corrected chi connectivity index (χ3v) is 2.18. The highest BCUT2D eigenvalue weighted by molar-refractivity contribution is 5.44. The van der Waals surface area contributed by atoms with Crippen molar-refractivity contribution in [1.82, 2.24) is 0 Å². The van der Waals surface area contributed by atoms with E-state index in [9.17, 15) is 13.2 Å². The first-order valence-electron chi connectivity index (χ1n) is 4.35. The second kappa shape index (κ2) is 4.10. The van der Waals surface area contributed by atoms with Gasteiger partial charge in [-0.05, 0) is 24.6 Å². The van der Waals surface area contributed by atoms with Gasteiger partial charge in [0.05, 0.1) is 12.7 Å². The lowest BCUT2D eigenvalue weighted by Gasteiger charge is -2.14. The van der Waals surface area contributed by atoms with Crippen LogP contribution in [0.15, 0.2) is 12.1 Å². The zero-order valence-electron chi connectivity index (χ0n) is 8.48. The molecule has 15 heavy (non-hydrogen) atoms. The van der Waals surface area contributed by atoms with Crippen molar-refractivity contribution in [2.75, 3.05) is 7.11 Å².